The van der Waals surface area contributed by atoms with Gasteiger partial charge in [-0.25, -0.2) is 0 Å². The normalized spacial score (nSPS) is 20.7. The van der Waals surface area contributed by atoms with Gasteiger partial charge in [0.05, 0.1) is 6.04 Å². The molecule has 1 unspecified atom stereocenters. The van der Waals surface area contributed by atoms with E-state index in [4.69, 9.17) is 0 Å². The number of nitrogens with zero attached hydrogens (tertiary/aromatic N) is 1. The largest absolute Gasteiger partial charge is 0.381 e. The zero-order chi connectivity index (χ0) is 33.2. The van der Waals surface area contributed by atoms with Crippen molar-refractivity contribution in [2.45, 2.75) is 38.1 Å². The summed E-state index contributed by atoms with van der Waals surface area (Å²) in [6, 6.07) is 37.7. The van der Waals surface area contributed by atoms with Gasteiger partial charge in [-0.05, 0) is 128 Å². The van der Waals surface area contributed by atoms with E-state index in [1.807, 2.05) is 18.6 Å². The maximum Gasteiger partial charge on any atom is 0.0702 e. The van der Waals surface area contributed by atoms with Crippen LogP contribution in [0, 0.1) is 0 Å². The highest BCUT2D eigenvalue weighted by atomic mass is 14.9. The minimum atomic E-state index is -0.0688. The van der Waals surface area contributed by atoms with E-state index in [0.29, 0.717) is 0 Å². The van der Waals surface area contributed by atoms with E-state index in [-0.39, 0.29) is 11.5 Å². The van der Waals surface area contributed by atoms with Crippen LogP contribution < -0.4 is 5.32 Å². The van der Waals surface area contributed by atoms with E-state index in [0.717, 1.165) is 24.0 Å². The van der Waals surface area contributed by atoms with Crippen LogP contribution in [0.2, 0.25) is 0 Å². The van der Waals surface area contributed by atoms with Crippen LogP contribution in [0.3, 0.4) is 0 Å². The van der Waals surface area contributed by atoms with Gasteiger partial charge >= 0.3 is 0 Å². The summed E-state index contributed by atoms with van der Waals surface area (Å²) in [5, 5.41) is 3.72. The van der Waals surface area contributed by atoms with E-state index >= 15 is 0 Å². The number of pyridine rings is 1. The van der Waals surface area contributed by atoms with Crippen molar-refractivity contribution in [1.82, 2.24) is 10.3 Å². The Balaban J connectivity index is 1.24. The average Bonchev–Trinajstić information content (AvgIpc) is 3.39. The third kappa shape index (κ3) is 6.07. The van der Waals surface area contributed by atoms with Gasteiger partial charge in [-0.3, -0.25) is 4.98 Å². The van der Waals surface area contributed by atoms with Crippen LogP contribution >= 0.6 is 0 Å². The lowest BCUT2D eigenvalue weighted by atomic mass is 9.78. The molecule has 2 heterocycles. The van der Waals surface area contributed by atoms with Gasteiger partial charge in [0.15, 0.2) is 0 Å². The zero-order valence-electron chi connectivity index (χ0n) is 28.1. The van der Waals surface area contributed by atoms with Gasteiger partial charge < -0.3 is 5.32 Å². The maximum absolute atomic E-state index is 4.31. The Kier molecular flexibility index (Phi) is 8.15. The Hall–Kier alpha value is -5.73. The molecule has 1 aliphatic heterocycles. The molecule has 1 N–H and O–H groups in total. The van der Waals surface area contributed by atoms with Gasteiger partial charge in [0.25, 0.3) is 0 Å². The number of fused-ring (bicyclic) bond motifs is 2. The third-order valence-corrected chi connectivity index (χ3v) is 10.2. The standard InChI is InChI=1S/C47H40N2/c1-47(2)44-16-10-9-15-42(44)43-31-38(21-22-45(43)47)40-28-39(36-23-26-48-27-24-36)29-41(30-40)46-32-37(14-6-3-4-11-25-49-46)35-19-17-34(18-20-35)33-12-7-5-8-13-33/h3-9,11-15,17-32,46,49H,10,16H2,1-2H3/b4-3-,14-6+,25-11-,37-32+. The fourth-order valence-corrected chi connectivity index (χ4v) is 7.58. The summed E-state index contributed by atoms with van der Waals surface area (Å²) in [5.74, 6) is 0. The van der Waals surface area contributed by atoms with Gasteiger partial charge in [-0.2, -0.15) is 0 Å². The van der Waals surface area contributed by atoms with Gasteiger partial charge in [0, 0.05) is 17.8 Å². The quantitative estimate of drug-likeness (QED) is 0.209. The van der Waals surface area contributed by atoms with Crippen LogP contribution in [-0.2, 0) is 5.41 Å². The third-order valence-electron chi connectivity index (χ3n) is 10.2. The second kappa shape index (κ2) is 13.1. The summed E-state index contributed by atoms with van der Waals surface area (Å²) in [4.78, 5) is 4.31. The first-order valence-corrected chi connectivity index (χ1v) is 17.3. The van der Waals surface area contributed by atoms with Crippen molar-refractivity contribution in [3.8, 4) is 33.4 Å². The van der Waals surface area contributed by atoms with Crippen LogP contribution in [0.25, 0.3) is 44.5 Å². The minimum absolute atomic E-state index is 0.0623. The lowest BCUT2D eigenvalue weighted by Crippen LogP contribution is -2.17. The van der Waals surface area contributed by atoms with Gasteiger partial charge in [0.1, 0.15) is 0 Å². The molecular weight excluding hydrogens is 593 g/mol. The molecule has 4 aromatic carbocycles. The molecule has 0 radical (unpaired) electrons. The van der Waals surface area contributed by atoms with Crippen LogP contribution in [0.5, 0.6) is 0 Å². The number of aromatic nitrogens is 1. The predicted octanol–water partition coefficient (Wildman–Crippen LogP) is 11.8. The van der Waals surface area contributed by atoms with Crippen molar-refractivity contribution in [3.63, 3.8) is 0 Å². The molecule has 0 amide bonds. The predicted molar refractivity (Wildman–Crippen MR) is 207 cm³/mol. The molecule has 2 heteroatoms. The SMILES string of the molecule is CC1(C)C2=C(C=CCC2)c2cc(-c3cc(-c4ccncc4)cc(C4\C=C(c5ccc(-c6ccccc6)cc5)/C=C/C=C\C=C/N4)c3)ccc21. The summed E-state index contributed by atoms with van der Waals surface area (Å²) in [7, 11) is 0. The summed E-state index contributed by atoms with van der Waals surface area (Å²) in [6.07, 6.45) is 25.6. The topological polar surface area (TPSA) is 24.9 Å². The van der Waals surface area contributed by atoms with Crippen LogP contribution in [0.4, 0.5) is 0 Å². The van der Waals surface area contributed by atoms with Crippen LogP contribution in [-0.4, -0.2) is 4.98 Å². The molecule has 2 aliphatic carbocycles. The fraction of sp³-hybridized carbons (Fsp3) is 0.128. The second-order valence-electron chi connectivity index (χ2n) is 13.6. The summed E-state index contributed by atoms with van der Waals surface area (Å²) in [5.41, 5.74) is 16.6. The van der Waals surface area contributed by atoms with E-state index < -0.39 is 0 Å². The van der Waals surface area contributed by atoms with E-state index in [1.165, 1.54) is 55.6 Å². The van der Waals surface area contributed by atoms with Gasteiger partial charge in [0.2, 0.25) is 0 Å². The van der Waals surface area contributed by atoms with Crippen molar-refractivity contribution in [2.75, 3.05) is 0 Å². The second-order valence-corrected chi connectivity index (χ2v) is 13.6. The van der Waals surface area contributed by atoms with Gasteiger partial charge in [-0.15, -0.1) is 0 Å². The van der Waals surface area contributed by atoms with Gasteiger partial charge in [-0.1, -0.05) is 129 Å². The van der Waals surface area contributed by atoms with Crippen molar-refractivity contribution in [3.05, 3.63) is 198 Å². The molecular formula is C47H40N2. The monoisotopic (exact) mass is 632 g/mol. The number of nitrogens with one attached hydrogen (secondary N) is 1. The number of hydrogen-bond acceptors (Lipinski definition) is 2. The Bertz CT molecular complexity index is 2190. The molecule has 5 aromatic rings. The molecule has 0 saturated carbocycles. The number of benzene rings is 4. The summed E-state index contributed by atoms with van der Waals surface area (Å²) < 4.78 is 0. The summed E-state index contributed by atoms with van der Waals surface area (Å²) in [6.45, 7) is 4.77. The summed E-state index contributed by atoms with van der Waals surface area (Å²) >= 11 is 0. The molecule has 1 aromatic heterocycles. The molecule has 238 valence electrons. The lowest BCUT2D eigenvalue weighted by molar-refractivity contribution is 0.607. The van der Waals surface area contributed by atoms with Crippen molar-refractivity contribution in [1.29, 1.82) is 0 Å². The molecule has 49 heavy (non-hydrogen) atoms. The Morgan fingerprint density at radius 3 is 2.14 bits per heavy atom. The number of rotatable bonds is 5. The van der Waals surface area contributed by atoms with E-state index in [2.05, 4.69) is 176 Å². The van der Waals surface area contributed by atoms with Crippen LogP contribution in [0.1, 0.15) is 55.0 Å². The number of hydrogen-bond donors (Lipinski definition) is 1. The highest BCUT2D eigenvalue weighted by Crippen LogP contribution is 2.51. The maximum atomic E-state index is 4.31. The van der Waals surface area contributed by atoms with Crippen LogP contribution in [0.15, 0.2) is 176 Å². The first-order valence-electron chi connectivity index (χ1n) is 17.3. The fourth-order valence-electron chi connectivity index (χ4n) is 7.58. The first kappa shape index (κ1) is 30.6. The lowest BCUT2D eigenvalue weighted by Gasteiger charge is -2.25. The van der Waals surface area contributed by atoms with Crippen molar-refractivity contribution in [2.24, 2.45) is 0 Å². The van der Waals surface area contributed by atoms with Crippen molar-refractivity contribution >= 4 is 11.1 Å². The molecule has 0 spiro atoms. The molecule has 0 bridgehead atoms. The highest BCUT2D eigenvalue weighted by Gasteiger charge is 2.37. The number of allylic oxidation sites excluding steroid dienone is 10. The molecule has 0 saturated heterocycles. The van der Waals surface area contributed by atoms with E-state index in [9.17, 15) is 0 Å². The zero-order valence-corrected chi connectivity index (χ0v) is 28.1. The van der Waals surface area contributed by atoms with Crippen molar-refractivity contribution < 1.29 is 0 Å². The minimum Gasteiger partial charge on any atom is -0.381 e. The average molecular weight is 633 g/mol. The first-order chi connectivity index (χ1) is 24.0. The smallest absolute Gasteiger partial charge is 0.0702 e. The van der Waals surface area contributed by atoms with E-state index in [1.54, 1.807) is 5.57 Å². The Morgan fingerprint density at radius 1 is 0.633 bits per heavy atom. The molecule has 8 rings (SSSR count). The highest BCUT2D eigenvalue weighted by molar-refractivity contribution is 5.89. The Morgan fingerprint density at radius 2 is 1.33 bits per heavy atom. The molecule has 1 atom stereocenters. The Labute approximate surface area is 290 Å². The molecule has 3 aliphatic rings. The molecule has 2 nitrogen and oxygen atoms in total. The molecule has 0 fully saturated rings.